The van der Waals surface area contributed by atoms with E-state index in [1.807, 2.05) is 0 Å². The van der Waals surface area contributed by atoms with Crippen molar-refractivity contribution in [3.8, 4) is 0 Å². The Hall–Kier alpha value is -0.340. The summed E-state index contributed by atoms with van der Waals surface area (Å²) < 4.78 is 28.5. The first kappa shape index (κ1) is 18.7. The van der Waals surface area contributed by atoms with Gasteiger partial charge in [0.05, 0.1) is 16.2 Å². The molecule has 0 aliphatic heterocycles. The maximum atomic E-state index is 12.1. The molecule has 5 nitrogen and oxygen atoms in total. The van der Waals surface area contributed by atoms with Crippen LogP contribution in [0.1, 0.15) is 24.2 Å². The third-order valence-corrected chi connectivity index (χ3v) is 5.06. The number of halogens is 3. The predicted molar refractivity (Wildman–Crippen MR) is 85.6 cm³/mol. The van der Waals surface area contributed by atoms with E-state index in [1.165, 1.54) is 19.2 Å². The van der Waals surface area contributed by atoms with Crippen molar-refractivity contribution in [3.63, 3.8) is 0 Å². The van der Waals surface area contributed by atoms with E-state index in [0.29, 0.717) is 4.47 Å². The monoisotopic (exact) mass is 417 g/mol. The average molecular weight is 419 g/mol. The minimum Gasteiger partial charge on any atom is -0.377 e. The van der Waals surface area contributed by atoms with E-state index in [0.717, 1.165) is 0 Å². The average Bonchev–Trinajstić information content (AvgIpc) is 2.37. The van der Waals surface area contributed by atoms with Gasteiger partial charge >= 0.3 is 0 Å². The normalized spacial score (nSPS) is 12.3. The van der Waals surface area contributed by atoms with Crippen molar-refractivity contribution in [3.05, 3.63) is 27.2 Å². The van der Waals surface area contributed by atoms with Crippen molar-refractivity contribution in [1.29, 1.82) is 0 Å². The zero-order valence-corrected chi connectivity index (χ0v) is 15.5. The maximum absolute atomic E-state index is 12.1. The topological polar surface area (TPSA) is 72.5 Å². The van der Waals surface area contributed by atoms with Crippen LogP contribution in [0.25, 0.3) is 0 Å². The maximum Gasteiger partial charge on any atom is 0.262 e. The van der Waals surface area contributed by atoms with E-state index >= 15 is 0 Å². The molecule has 0 heterocycles. The van der Waals surface area contributed by atoms with Crippen molar-refractivity contribution in [2.75, 3.05) is 13.7 Å². The molecule has 1 aromatic rings. The smallest absolute Gasteiger partial charge is 0.262 e. The van der Waals surface area contributed by atoms with Gasteiger partial charge in [-0.1, -0.05) is 27.5 Å². The number of nitrogens with one attached hydrogen (secondary N) is 1. The Morgan fingerprint density at radius 1 is 1.43 bits per heavy atom. The third kappa shape index (κ3) is 5.10. The molecule has 21 heavy (non-hydrogen) atoms. The van der Waals surface area contributed by atoms with Crippen LogP contribution in [0.5, 0.6) is 0 Å². The van der Waals surface area contributed by atoms with Gasteiger partial charge < -0.3 is 10.1 Å². The summed E-state index contributed by atoms with van der Waals surface area (Å²) in [5, 5.41) is 2.41. The van der Waals surface area contributed by atoms with E-state index in [1.54, 1.807) is 13.8 Å². The molecular formula is C12H14BrCl2NO4S. The third-order valence-electron chi connectivity index (χ3n) is 2.74. The van der Waals surface area contributed by atoms with Gasteiger partial charge in [0.1, 0.15) is 4.90 Å². The lowest BCUT2D eigenvalue weighted by molar-refractivity contribution is 0.0228. The fourth-order valence-electron chi connectivity index (χ4n) is 1.37. The van der Waals surface area contributed by atoms with Gasteiger partial charge in [0.25, 0.3) is 15.0 Å². The van der Waals surface area contributed by atoms with Crippen molar-refractivity contribution < 1.29 is 17.9 Å². The Labute approximate surface area is 141 Å². The number of benzene rings is 1. The quantitative estimate of drug-likeness (QED) is 0.745. The molecule has 0 spiro atoms. The van der Waals surface area contributed by atoms with Gasteiger partial charge in [-0.25, -0.2) is 8.42 Å². The molecule has 0 atom stereocenters. The zero-order valence-electron chi connectivity index (χ0n) is 11.5. The van der Waals surface area contributed by atoms with Gasteiger partial charge in [-0.05, 0) is 26.0 Å². The second-order valence-corrected chi connectivity index (χ2v) is 8.68. The van der Waals surface area contributed by atoms with Crippen LogP contribution in [0.3, 0.4) is 0 Å². The highest BCUT2D eigenvalue weighted by molar-refractivity contribution is 9.10. The minimum absolute atomic E-state index is 0.0113. The lowest BCUT2D eigenvalue weighted by Crippen LogP contribution is -2.39. The van der Waals surface area contributed by atoms with Gasteiger partial charge in [-0.3, -0.25) is 4.79 Å². The minimum atomic E-state index is -4.05. The summed E-state index contributed by atoms with van der Waals surface area (Å²) in [5.74, 6) is -0.520. The first-order valence-electron chi connectivity index (χ1n) is 5.75. The molecule has 0 aliphatic carbocycles. The van der Waals surface area contributed by atoms with Crippen LogP contribution >= 0.6 is 38.2 Å². The Morgan fingerprint density at radius 2 is 2.00 bits per heavy atom. The summed E-state index contributed by atoms with van der Waals surface area (Å²) in [6, 6.07) is 2.66. The Morgan fingerprint density at radius 3 is 2.48 bits per heavy atom. The fourth-order valence-corrected chi connectivity index (χ4v) is 3.55. The Kier molecular flexibility index (Phi) is 6.08. The van der Waals surface area contributed by atoms with Crippen LogP contribution in [0.2, 0.25) is 5.02 Å². The van der Waals surface area contributed by atoms with Gasteiger partial charge in [-0.15, -0.1) is 0 Å². The lowest BCUT2D eigenvalue weighted by Gasteiger charge is -2.23. The highest BCUT2D eigenvalue weighted by atomic mass is 79.9. The van der Waals surface area contributed by atoms with E-state index in [4.69, 9.17) is 27.0 Å². The molecule has 118 valence electrons. The number of carbonyl (C=O) groups is 1. The highest BCUT2D eigenvalue weighted by Gasteiger charge is 2.24. The molecule has 0 aromatic heterocycles. The highest BCUT2D eigenvalue weighted by Crippen LogP contribution is 2.31. The number of rotatable bonds is 5. The lowest BCUT2D eigenvalue weighted by atomic mass is 10.1. The van der Waals surface area contributed by atoms with Crippen LogP contribution in [0.4, 0.5) is 0 Å². The van der Waals surface area contributed by atoms with Gasteiger partial charge in [-0.2, -0.15) is 0 Å². The first-order valence-corrected chi connectivity index (χ1v) is 9.23. The second kappa shape index (κ2) is 6.83. The Balaban J connectivity index is 3.14. The number of hydrogen-bond acceptors (Lipinski definition) is 4. The predicted octanol–water partition coefficient (Wildman–Crippen LogP) is 3.18. The molecular weight excluding hydrogens is 405 g/mol. The van der Waals surface area contributed by atoms with Crippen LogP contribution in [-0.4, -0.2) is 33.6 Å². The molecule has 9 heteroatoms. The number of carbonyl (C=O) groups excluding carboxylic acids is 1. The summed E-state index contributed by atoms with van der Waals surface area (Å²) in [6.45, 7) is 3.82. The summed E-state index contributed by atoms with van der Waals surface area (Å²) in [4.78, 5) is 11.8. The summed E-state index contributed by atoms with van der Waals surface area (Å²) in [7, 11) is 2.77. The van der Waals surface area contributed by atoms with Crippen molar-refractivity contribution in [2.45, 2.75) is 24.3 Å². The molecule has 1 aromatic carbocycles. The number of methoxy groups -OCH3 is 1. The van der Waals surface area contributed by atoms with Gasteiger partial charge in [0.15, 0.2) is 0 Å². The number of hydrogen-bond donors (Lipinski definition) is 1. The molecule has 0 bridgehead atoms. The summed E-state index contributed by atoms with van der Waals surface area (Å²) in [5.41, 5.74) is -0.549. The molecule has 1 N–H and O–H groups in total. The number of ether oxygens (including phenoxy) is 1. The molecule has 0 saturated heterocycles. The van der Waals surface area contributed by atoms with Crippen LogP contribution in [0.15, 0.2) is 21.5 Å². The molecule has 1 amide bonds. The van der Waals surface area contributed by atoms with E-state index in [9.17, 15) is 13.2 Å². The molecule has 0 fully saturated rings. The van der Waals surface area contributed by atoms with Crippen LogP contribution < -0.4 is 5.32 Å². The van der Waals surface area contributed by atoms with Crippen molar-refractivity contribution >= 4 is 53.2 Å². The summed E-state index contributed by atoms with van der Waals surface area (Å²) >= 11 is 9.09. The molecule has 0 aliphatic rings. The van der Waals surface area contributed by atoms with Crippen molar-refractivity contribution in [2.24, 2.45) is 0 Å². The van der Waals surface area contributed by atoms with Gasteiger partial charge in [0.2, 0.25) is 0 Å². The van der Waals surface area contributed by atoms with E-state index < -0.39 is 20.6 Å². The zero-order chi connectivity index (χ0) is 16.4. The Bertz CT molecular complexity index is 661. The molecule has 1 rings (SSSR count). The molecule has 0 unspecified atom stereocenters. The number of amides is 1. The van der Waals surface area contributed by atoms with Crippen molar-refractivity contribution in [1.82, 2.24) is 5.32 Å². The molecule has 0 saturated carbocycles. The molecule has 0 radical (unpaired) electrons. The fraction of sp³-hybridized carbons (Fsp3) is 0.417. The van der Waals surface area contributed by atoms with Crippen LogP contribution in [-0.2, 0) is 13.8 Å². The van der Waals surface area contributed by atoms with E-state index in [-0.39, 0.29) is 22.0 Å². The van der Waals surface area contributed by atoms with Gasteiger partial charge in [0, 0.05) is 28.8 Å². The summed E-state index contributed by atoms with van der Waals surface area (Å²) in [6.07, 6.45) is 0. The second-order valence-electron chi connectivity index (χ2n) is 4.85. The SMILES string of the molecule is COC(C)(C)CNC(=O)c1cc(Br)cc(S(=O)(=O)Cl)c1Cl. The first-order chi connectivity index (χ1) is 9.48. The standard InChI is InChI=1S/C12H14BrCl2NO4S/c1-12(2,20-3)6-16-11(17)8-4-7(13)5-9(10(8)14)21(15,18)19/h4-5H,6H2,1-3H3,(H,16,17). The van der Waals surface area contributed by atoms with E-state index in [2.05, 4.69) is 21.2 Å². The largest absolute Gasteiger partial charge is 0.377 e. The van der Waals surface area contributed by atoms with Crippen LogP contribution in [0, 0.1) is 0 Å².